The van der Waals surface area contributed by atoms with Crippen LogP contribution >= 0.6 is 0 Å². The van der Waals surface area contributed by atoms with E-state index in [0.29, 0.717) is 16.8 Å². The van der Waals surface area contributed by atoms with Gasteiger partial charge in [0.25, 0.3) is 5.56 Å². The lowest BCUT2D eigenvalue weighted by molar-refractivity contribution is -0.137. The molecule has 0 radical (unpaired) electrons. The summed E-state index contributed by atoms with van der Waals surface area (Å²) in [4.78, 5) is 32.9. The number of benzene rings is 2. The first-order valence-electron chi connectivity index (χ1n) is 10.8. The molecule has 5 nitrogen and oxygen atoms in total. The Bertz CT molecular complexity index is 1070. The number of para-hydroxylation sites is 1. The topological polar surface area (TPSA) is 55.2 Å². The molecule has 1 atom stereocenters. The van der Waals surface area contributed by atoms with Crippen molar-refractivity contribution in [3.63, 3.8) is 0 Å². The van der Waals surface area contributed by atoms with Crippen LogP contribution < -0.4 is 5.56 Å². The number of rotatable bonds is 5. The van der Waals surface area contributed by atoms with Gasteiger partial charge in [-0.1, -0.05) is 56.3 Å². The van der Waals surface area contributed by atoms with Gasteiger partial charge in [0, 0.05) is 13.1 Å². The zero-order valence-corrected chi connectivity index (χ0v) is 17.7. The van der Waals surface area contributed by atoms with Gasteiger partial charge in [0.05, 0.1) is 17.2 Å². The van der Waals surface area contributed by atoms with Gasteiger partial charge in [-0.3, -0.25) is 14.2 Å². The first-order valence-corrected chi connectivity index (χ1v) is 10.8. The molecule has 0 bridgehead atoms. The van der Waals surface area contributed by atoms with Crippen LogP contribution in [-0.4, -0.2) is 33.4 Å². The normalized spacial score (nSPS) is 16.2. The molecule has 3 aromatic rings. The van der Waals surface area contributed by atoms with Gasteiger partial charge in [-0.2, -0.15) is 0 Å². The largest absolute Gasteiger partial charge is 0.341 e. The van der Waals surface area contributed by atoms with Gasteiger partial charge in [0.1, 0.15) is 6.04 Å². The van der Waals surface area contributed by atoms with Gasteiger partial charge in [0.15, 0.2) is 0 Å². The van der Waals surface area contributed by atoms with Crippen LogP contribution in [0.15, 0.2) is 65.7 Å². The van der Waals surface area contributed by atoms with E-state index in [0.717, 1.165) is 32.4 Å². The van der Waals surface area contributed by atoms with E-state index in [-0.39, 0.29) is 17.4 Å². The second-order valence-corrected chi connectivity index (χ2v) is 8.62. The predicted molar refractivity (Wildman–Crippen MR) is 119 cm³/mol. The molecule has 156 valence electrons. The lowest BCUT2D eigenvalue weighted by Gasteiger charge is -2.35. The number of hydrogen-bond donors (Lipinski definition) is 0. The van der Waals surface area contributed by atoms with Gasteiger partial charge in [0.2, 0.25) is 5.91 Å². The Morgan fingerprint density at radius 1 is 1.03 bits per heavy atom. The molecule has 0 unspecified atom stereocenters. The number of hydrogen-bond acceptors (Lipinski definition) is 3. The molecule has 2 aromatic carbocycles. The van der Waals surface area contributed by atoms with Gasteiger partial charge in [-0.25, -0.2) is 4.98 Å². The zero-order chi connectivity index (χ0) is 21.1. The average molecular weight is 404 g/mol. The Kier molecular flexibility index (Phi) is 5.98. The van der Waals surface area contributed by atoms with Crippen molar-refractivity contribution in [2.75, 3.05) is 13.1 Å². The highest BCUT2D eigenvalue weighted by Gasteiger charge is 2.32. The number of carbonyl (C=O) groups is 1. The maximum Gasteiger partial charge on any atom is 0.261 e. The van der Waals surface area contributed by atoms with Crippen LogP contribution in [0.2, 0.25) is 0 Å². The van der Waals surface area contributed by atoms with Crippen molar-refractivity contribution in [2.24, 2.45) is 11.8 Å². The molecule has 0 spiro atoms. The molecule has 1 fully saturated rings. The van der Waals surface area contributed by atoms with Crippen LogP contribution in [0.25, 0.3) is 10.9 Å². The van der Waals surface area contributed by atoms with E-state index in [4.69, 9.17) is 0 Å². The number of amides is 1. The van der Waals surface area contributed by atoms with E-state index >= 15 is 0 Å². The maximum atomic E-state index is 13.4. The van der Waals surface area contributed by atoms with Crippen LogP contribution in [0.1, 0.15) is 38.3 Å². The number of likely N-dealkylation sites (tertiary alicyclic amines) is 1. The van der Waals surface area contributed by atoms with E-state index in [9.17, 15) is 9.59 Å². The van der Waals surface area contributed by atoms with E-state index in [1.165, 1.54) is 16.5 Å². The fourth-order valence-electron chi connectivity index (χ4n) is 4.50. The molecule has 1 aliphatic heterocycles. The molecule has 1 amide bonds. The van der Waals surface area contributed by atoms with Crippen LogP contribution in [0, 0.1) is 11.8 Å². The minimum Gasteiger partial charge on any atom is -0.341 e. The number of piperidine rings is 1. The van der Waals surface area contributed by atoms with Crippen molar-refractivity contribution in [1.82, 2.24) is 14.5 Å². The van der Waals surface area contributed by atoms with E-state index in [1.807, 2.05) is 43.0 Å². The Hall–Kier alpha value is -2.95. The van der Waals surface area contributed by atoms with Crippen LogP contribution in [-0.2, 0) is 11.2 Å². The fraction of sp³-hybridized carbons (Fsp3) is 0.400. The second-order valence-electron chi connectivity index (χ2n) is 8.62. The third-order valence-corrected chi connectivity index (χ3v) is 6.17. The van der Waals surface area contributed by atoms with Crippen molar-refractivity contribution in [2.45, 2.75) is 39.2 Å². The molecule has 4 rings (SSSR count). The zero-order valence-electron chi connectivity index (χ0n) is 17.7. The Morgan fingerprint density at radius 2 is 1.70 bits per heavy atom. The third-order valence-electron chi connectivity index (χ3n) is 6.17. The summed E-state index contributed by atoms with van der Waals surface area (Å²) in [6, 6.07) is 17.3. The smallest absolute Gasteiger partial charge is 0.261 e. The van der Waals surface area contributed by atoms with E-state index in [1.54, 1.807) is 6.07 Å². The van der Waals surface area contributed by atoms with Crippen molar-refractivity contribution in [3.05, 3.63) is 76.8 Å². The van der Waals surface area contributed by atoms with E-state index < -0.39 is 6.04 Å². The number of aromatic nitrogens is 2. The van der Waals surface area contributed by atoms with Crippen LogP contribution in [0.4, 0.5) is 0 Å². The second kappa shape index (κ2) is 8.82. The van der Waals surface area contributed by atoms with Crippen LogP contribution in [0.3, 0.4) is 0 Å². The average Bonchev–Trinajstić information content (AvgIpc) is 2.76. The summed E-state index contributed by atoms with van der Waals surface area (Å²) in [5, 5.41) is 0.556. The standard InChI is InChI=1S/C25H29N3O2/c1-18(2)23(28-17-26-22-11-7-6-10-21(22)24(28)29)25(30)27-14-12-20(13-15-27)16-19-8-4-3-5-9-19/h3-11,17-18,20,23H,12-16H2,1-2H3/t23-/m1/s1. The minimum atomic E-state index is -0.528. The summed E-state index contributed by atoms with van der Waals surface area (Å²) in [6.45, 7) is 5.48. The number of fused-ring (bicyclic) bond motifs is 1. The molecule has 2 heterocycles. The highest BCUT2D eigenvalue weighted by Crippen LogP contribution is 2.26. The molecule has 1 saturated heterocycles. The van der Waals surface area contributed by atoms with Gasteiger partial charge in [-0.05, 0) is 48.8 Å². The molecule has 1 aromatic heterocycles. The predicted octanol–water partition coefficient (Wildman–Crippen LogP) is 4.07. The quantitative estimate of drug-likeness (QED) is 0.645. The SMILES string of the molecule is CC(C)[C@H](C(=O)N1CCC(Cc2ccccc2)CC1)n1cnc2ccccc2c1=O. The third kappa shape index (κ3) is 4.16. The maximum absolute atomic E-state index is 13.4. The lowest BCUT2D eigenvalue weighted by Crippen LogP contribution is -2.46. The monoisotopic (exact) mass is 403 g/mol. The summed E-state index contributed by atoms with van der Waals surface area (Å²) in [5.41, 5.74) is 1.87. The lowest BCUT2D eigenvalue weighted by atomic mass is 9.89. The number of nitrogens with zero attached hydrogens (tertiary/aromatic N) is 3. The van der Waals surface area contributed by atoms with Gasteiger partial charge < -0.3 is 4.90 Å². The molecule has 1 aliphatic rings. The van der Waals surface area contributed by atoms with Crippen molar-refractivity contribution in [1.29, 1.82) is 0 Å². The van der Waals surface area contributed by atoms with Gasteiger partial charge in [-0.15, -0.1) is 0 Å². The molecule has 30 heavy (non-hydrogen) atoms. The molecular formula is C25H29N3O2. The van der Waals surface area contributed by atoms with Crippen molar-refractivity contribution < 1.29 is 4.79 Å². The summed E-state index contributed by atoms with van der Waals surface area (Å²) in [6.07, 6.45) is 4.59. The first-order chi connectivity index (χ1) is 14.5. The first kappa shape index (κ1) is 20.3. The summed E-state index contributed by atoms with van der Waals surface area (Å²) < 4.78 is 1.53. The Morgan fingerprint density at radius 3 is 2.40 bits per heavy atom. The van der Waals surface area contributed by atoms with E-state index in [2.05, 4.69) is 29.2 Å². The molecule has 0 N–H and O–H groups in total. The van der Waals surface area contributed by atoms with Crippen LogP contribution in [0.5, 0.6) is 0 Å². The number of carbonyl (C=O) groups excluding carboxylic acids is 1. The molecule has 5 heteroatoms. The highest BCUT2D eigenvalue weighted by molar-refractivity contribution is 5.82. The van der Waals surface area contributed by atoms with Crippen molar-refractivity contribution >= 4 is 16.8 Å². The summed E-state index contributed by atoms with van der Waals surface area (Å²) >= 11 is 0. The highest BCUT2D eigenvalue weighted by atomic mass is 16.2. The Labute approximate surface area is 177 Å². The summed E-state index contributed by atoms with van der Waals surface area (Å²) in [7, 11) is 0. The molecule has 0 saturated carbocycles. The molecule has 0 aliphatic carbocycles. The van der Waals surface area contributed by atoms with Gasteiger partial charge >= 0.3 is 0 Å². The van der Waals surface area contributed by atoms with Crippen molar-refractivity contribution in [3.8, 4) is 0 Å². The minimum absolute atomic E-state index is 0.000189. The molecular weight excluding hydrogens is 374 g/mol. The fourth-order valence-corrected chi connectivity index (χ4v) is 4.50. The summed E-state index contributed by atoms with van der Waals surface area (Å²) in [5.74, 6) is 0.626. The Balaban J connectivity index is 1.50.